The summed E-state index contributed by atoms with van der Waals surface area (Å²) in [5, 5.41) is 3.39. The van der Waals surface area contributed by atoms with Crippen molar-refractivity contribution in [2.45, 2.75) is 32.2 Å². The van der Waals surface area contributed by atoms with Gasteiger partial charge in [0.1, 0.15) is 12.4 Å². The predicted molar refractivity (Wildman–Crippen MR) is 70.1 cm³/mol. The van der Waals surface area contributed by atoms with E-state index >= 15 is 0 Å². The molecule has 1 aliphatic carbocycles. The van der Waals surface area contributed by atoms with E-state index in [4.69, 9.17) is 4.74 Å². The SMILES string of the molecule is C1=C(c2cccc3c2OCCNC3)CCCC1. The highest BCUT2D eigenvalue weighted by Crippen LogP contribution is 2.35. The first-order chi connectivity index (χ1) is 8.45. The number of ether oxygens (including phenoxy) is 1. The topological polar surface area (TPSA) is 21.3 Å². The molecule has 2 aliphatic rings. The molecule has 0 amide bonds. The van der Waals surface area contributed by atoms with E-state index in [1.165, 1.54) is 42.4 Å². The van der Waals surface area contributed by atoms with Crippen molar-refractivity contribution in [2.24, 2.45) is 0 Å². The molecule has 1 aromatic carbocycles. The van der Waals surface area contributed by atoms with Crippen LogP contribution in [0.15, 0.2) is 24.3 Å². The van der Waals surface area contributed by atoms with Gasteiger partial charge in [-0.1, -0.05) is 24.3 Å². The van der Waals surface area contributed by atoms with Crippen molar-refractivity contribution in [3.8, 4) is 5.75 Å². The van der Waals surface area contributed by atoms with Crippen molar-refractivity contribution < 1.29 is 4.74 Å². The number of fused-ring (bicyclic) bond motifs is 1. The zero-order valence-electron chi connectivity index (χ0n) is 10.2. The molecule has 0 aromatic heterocycles. The largest absolute Gasteiger partial charge is 0.491 e. The molecule has 0 saturated heterocycles. The molecule has 0 spiro atoms. The Morgan fingerprint density at radius 1 is 1.18 bits per heavy atom. The van der Waals surface area contributed by atoms with E-state index in [1.54, 1.807) is 0 Å². The molecule has 3 rings (SSSR count). The van der Waals surface area contributed by atoms with E-state index in [0.717, 1.165) is 25.4 Å². The minimum Gasteiger partial charge on any atom is -0.491 e. The van der Waals surface area contributed by atoms with Gasteiger partial charge >= 0.3 is 0 Å². The molecule has 1 aliphatic heterocycles. The fraction of sp³-hybridized carbons (Fsp3) is 0.467. The van der Waals surface area contributed by atoms with Crippen molar-refractivity contribution in [3.05, 3.63) is 35.4 Å². The monoisotopic (exact) mass is 229 g/mol. The Hall–Kier alpha value is -1.28. The van der Waals surface area contributed by atoms with Crippen LogP contribution in [0.4, 0.5) is 0 Å². The van der Waals surface area contributed by atoms with Crippen molar-refractivity contribution >= 4 is 5.57 Å². The number of benzene rings is 1. The minimum atomic E-state index is 0.775. The molecule has 17 heavy (non-hydrogen) atoms. The number of hydrogen-bond donors (Lipinski definition) is 1. The molecule has 1 aromatic rings. The Morgan fingerprint density at radius 3 is 3.06 bits per heavy atom. The molecule has 0 saturated carbocycles. The van der Waals surface area contributed by atoms with Crippen molar-refractivity contribution in [1.29, 1.82) is 0 Å². The van der Waals surface area contributed by atoms with Crippen LogP contribution in [-0.2, 0) is 6.54 Å². The Bertz CT molecular complexity index is 437. The second-order valence-electron chi connectivity index (χ2n) is 4.79. The number of hydrogen-bond acceptors (Lipinski definition) is 2. The Morgan fingerprint density at radius 2 is 2.18 bits per heavy atom. The lowest BCUT2D eigenvalue weighted by molar-refractivity contribution is 0.324. The molecule has 0 fully saturated rings. The zero-order valence-corrected chi connectivity index (χ0v) is 10.2. The van der Waals surface area contributed by atoms with E-state index in [-0.39, 0.29) is 0 Å². The summed E-state index contributed by atoms with van der Waals surface area (Å²) in [4.78, 5) is 0. The quantitative estimate of drug-likeness (QED) is 0.799. The van der Waals surface area contributed by atoms with Crippen LogP contribution in [0.2, 0.25) is 0 Å². The summed E-state index contributed by atoms with van der Waals surface area (Å²) in [5.41, 5.74) is 4.10. The standard InChI is InChI=1S/C15H19NO/c1-2-5-12(6-3-1)14-8-4-7-13-11-16-9-10-17-15(13)14/h4-5,7-8,16H,1-3,6,9-11H2. The van der Waals surface area contributed by atoms with Crippen LogP contribution in [0.3, 0.4) is 0 Å². The minimum absolute atomic E-state index is 0.775. The maximum absolute atomic E-state index is 5.93. The molecule has 2 nitrogen and oxygen atoms in total. The summed E-state index contributed by atoms with van der Waals surface area (Å²) in [5.74, 6) is 1.12. The van der Waals surface area contributed by atoms with Crippen LogP contribution in [-0.4, -0.2) is 13.2 Å². The van der Waals surface area contributed by atoms with Gasteiger partial charge in [-0.15, -0.1) is 0 Å². The van der Waals surface area contributed by atoms with E-state index in [0.29, 0.717) is 0 Å². The van der Waals surface area contributed by atoms with Gasteiger partial charge in [0.15, 0.2) is 0 Å². The Balaban J connectivity index is 2.01. The van der Waals surface area contributed by atoms with Gasteiger partial charge in [0.25, 0.3) is 0 Å². The van der Waals surface area contributed by atoms with Gasteiger partial charge in [-0.05, 0) is 31.3 Å². The van der Waals surface area contributed by atoms with Gasteiger partial charge in [0, 0.05) is 24.2 Å². The molecule has 0 atom stereocenters. The fourth-order valence-electron chi connectivity index (χ4n) is 2.68. The number of para-hydroxylation sites is 1. The van der Waals surface area contributed by atoms with Crippen LogP contribution in [0, 0.1) is 0 Å². The number of allylic oxidation sites excluding steroid dienone is 2. The third-order valence-electron chi connectivity index (χ3n) is 3.57. The highest BCUT2D eigenvalue weighted by molar-refractivity contribution is 5.72. The Kier molecular flexibility index (Phi) is 3.14. The van der Waals surface area contributed by atoms with E-state index < -0.39 is 0 Å². The molecular weight excluding hydrogens is 210 g/mol. The second-order valence-corrected chi connectivity index (χ2v) is 4.79. The van der Waals surface area contributed by atoms with Gasteiger partial charge in [0.05, 0.1) is 0 Å². The molecule has 90 valence electrons. The van der Waals surface area contributed by atoms with Crippen LogP contribution in [0.25, 0.3) is 5.57 Å². The van der Waals surface area contributed by atoms with Gasteiger partial charge < -0.3 is 10.1 Å². The van der Waals surface area contributed by atoms with Crippen LogP contribution in [0.5, 0.6) is 5.75 Å². The summed E-state index contributed by atoms with van der Waals surface area (Å²) in [6.45, 7) is 2.64. The number of rotatable bonds is 1. The maximum atomic E-state index is 5.93. The normalized spacial score (nSPS) is 19.9. The second kappa shape index (κ2) is 4.92. The first-order valence-corrected chi connectivity index (χ1v) is 6.60. The lowest BCUT2D eigenvalue weighted by atomic mass is 9.92. The fourth-order valence-corrected chi connectivity index (χ4v) is 2.68. The molecule has 2 heteroatoms. The van der Waals surface area contributed by atoms with Crippen molar-refractivity contribution in [3.63, 3.8) is 0 Å². The number of nitrogens with one attached hydrogen (secondary N) is 1. The average molecular weight is 229 g/mol. The predicted octanol–water partition coefficient (Wildman–Crippen LogP) is 3.13. The van der Waals surface area contributed by atoms with E-state index in [9.17, 15) is 0 Å². The van der Waals surface area contributed by atoms with E-state index in [2.05, 4.69) is 29.6 Å². The van der Waals surface area contributed by atoms with Gasteiger partial charge in [-0.3, -0.25) is 0 Å². The lowest BCUT2D eigenvalue weighted by Crippen LogP contribution is -2.16. The first kappa shape index (κ1) is 10.8. The highest BCUT2D eigenvalue weighted by atomic mass is 16.5. The summed E-state index contributed by atoms with van der Waals surface area (Å²) in [6.07, 6.45) is 7.46. The first-order valence-electron chi connectivity index (χ1n) is 6.60. The molecular formula is C15H19NO. The summed E-state index contributed by atoms with van der Waals surface area (Å²) in [6, 6.07) is 6.53. The summed E-state index contributed by atoms with van der Waals surface area (Å²) >= 11 is 0. The van der Waals surface area contributed by atoms with E-state index in [1.807, 2.05) is 0 Å². The maximum Gasteiger partial charge on any atom is 0.131 e. The van der Waals surface area contributed by atoms with Crippen LogP contribution < -0.4 is 10.1 Å². The highest BCUT2D eigenvalue weighted by Gasteiger charge is 2.16. The average Bonchev–Trinajstić information content (AvgIpc) is 2.64. The van der Waals surface area contributed by atoms with Crippen LogP contribution >= 0.6 is 0 Å². The summed E-state index contributed by atoms with van der Waals surface area (Å²) < 4.78 is 5.93. The van der Waals surface area contributed by atoms with Gasteiger partial charge in [-0.25, -0.2) is 0 Å². The lowest BCUT2D eigenvalue weighted by Gasteiger charge is -2.18. The summed E-state index contributed by atoms with van der Waals surface area (Å²) in [7, 11) is 0. The molecule has 0 unspecified atom stereocenters. The third kappa shape index (κ3) is 2.22. The molecule has 0 radical (unpaired) electrons. The van der Waals surface area contributed by atoms with Crippen molar-refractivity contribution in [2.75, 3.05) is 13.2 Å². The zero-order chi connectivity index (χ0) is 11.5. The van der Waals surface area contributed by atoms with Crippen molar-refractivity contribution in [1.82, 2.24) is 5.32 Å². The van der Waals surface area contributed by atoms with Gasteiger partial charge in [0.2, 0.25) is 0 Å². The smallest absolute Gasteiger partial charge is 0.131 e. The van der Waals surface area contributed by atoms with Crippen LogP contribution in [0.1, 0.15) is 36.8 Å². The van der Waals surface area contributed by atoms with Gasteiger partial charge in [-0.2, -0.15) is 0 Å². The molecule has 0 bridgehead atoms. The Labute approximate surface area is 103 Å². The third-order valence-corrected chi connectivity index (χ3v) is 3.57. The molecule has 1 N–H and O–H groups in total. The molecule has 1 heterocycles.